The number of amides is 2. The summed E-state index contributed by atoms with van der Waals surface area (Å²) in [5.74, 6) is -0.718. The van der Waals surface area contributed by atoms with Crippen LogP contribution in [-0.2, 0) is 9.59 Å². The lowest BCUT2D eigenvalue weighted by atomic mass is 9.95. The normalized spacial score (nSPS) is 26.7. The first-order valence-corrected chi connectivity index (χ1v) is 6.99. The van der Waals surface area contributed by atoms with Gasteiger partial charge in [-0.1, -0.05) is 12.1 Å². The molecule has 2 amide bonds. The molecule has 2 heterocycles. The standard InChI is InChI=1S/C15H17FN2O2/c1-10-14(19)17-9-5-4-8-13(17)15(20)18(10)12-7-3-2-6-11(12)16/h2-3,6-7,10,13H,4-5,8-9H2,1H3. The molecule has 2 fully saturated rings. The Morgan fingerprint density at radius 2 is 1.90 bits per heavy atom. The van der Waals surface area contributed by atoms with Crippen LogP contribution < -0.4 is 4.90 Å². The number of piperazine rings is 1. The third-order valence-electron chi connectivity index (χ3n) is 4.17. The minimum Gasteiger partial charge on any atom is -0.329 e. The Kier molecular flexibility index (Phi) is 3.20. The molecule has 0 aliphatic carbocycles. The first kappa shape index (κ1) is 13.1. The van der Waals surface area contributed by atoms with Gasteiger partial charge in [0.25, 0.3) is 5.91 Å². The Balaban J connectivity index is 2.01. The van der Waals surface area contributed by atoms with Gasteiger partial charge in [-0.3, -0.25) is 14.5 Å². The van der Waals surface area contributed by atoms with Crippen molar-refractivity contribution in [2.24, 2.45) is 0 Å². The van der Waals surface area contributed by atoms with Crippen LogP contribution in [0.4, 0.5) is 10.1 Å². The van der Waals surface area contributed by atoms with Crippen molar-refractivity contribution in [3.05, 3.63) is 30.1 Å². The van der Waals surface area contributed by atoms with Crippen molar-refractivity contribution in [3.63, 3.8) is 0 Å². The quantitative estimate of drug-likeness (QED) is 0.786. The Morgan fingerprint density at radius 3 is 2.65 bits per heavy atom. The van der Waals surface area contributed by atoms with Gasteiger partial charge in [0.1, 0.15) is 17.9 Å². The molecule has 20 heavy (non-hydrogen) atoms. The molecule has 4 nitrogen and oxygen atoms in total. The number of para-hydroxylation sites is 1. The van der Waals surface area contributed by atoms with Crippen molar-refractivity contribution in [1.29, 1.82) is 0 Å². The number of carbonyl (C=O) groups excluding carboxylic acids is 2. The summed E-state index contributed by atoms with van der Waals surface area (Å²) >= 11 is 0. The van der Waals surface area contributed by atoms with E-state index in [1.54, 1.807) is 30.0 Å². The van der Waals surface area contributed by atoms with Crippen molar-refractivity contribution < 1.29 is 14.0 Å². The summed E-state index contributed by atoms with van der Waals surface area (Å²) in [5, 5.41) is 0. The highest BCUT2D eigenvalue weighted by molar-refractivity contribution is 6.08. The second-order valence-electron chi connectivity index (χ2n) is 5.38. The molecule has 2 aliphatic heterocycles. The molecule has 1 aromatic carbocycles. The third kappa shape index (κ3) is 1.88. The van der Waals surface area contributed by atoms with Crippen molar-refractivity contribution in [3.8, 4) is 0 Å². The Hall–Kier alpha value is -1.91. The molecule has 2 atom stereocenters. The first-order chi connectivity index (χ1) is 9.61. The summed E-state index contributed by atoms with van der Waals surface area (Å²) in [6.45, 7) is 2.29. The van der Waals surface area contributed by atoms with E-state index in [1.165, 1.54) is 11.0 Å². The van der Waals surface area contributed by atoms with Gasteiger partial charge >= 0.3 is 0 Å². The van der Waals surface area contributed by atoms with Gasteiger partial charge < -0.3 is 4.90 Å². The van der Waals surface area contributed by atoms with Crippen molar-refractivity contribution >= 4 is 17.5 Å². The average Bonchev–Trinajstić information content (AvgIpc) is 2.47. The summed E-state index contributed by atoms with van der Waals surface area (Å²) < 4.78 is 14.0. The molecule has 0 bridgehead atoms. The molecule has 0 aromatic heterocycles. The third-order valence-corrected chi connectivity index (χ3v) is 4.17. The van der Waals surface area contributed by atoms with E-state index in [1.807, 2.05) is 0 Å². The van der Waals surface area contributed by atoms with Gasteiger partial charge in [0.15, 0.2) is 0 Å². The van der Waals surface area contributed by atoms with E-state index in [9.17, 15) is 14.0 Å². The van der Waals surface area contributed by atoms with E-state index in [-0.39, 0.29) is 17.5 Å². The first-order valence-electron chi connectivity index (χ1n) is 6.99. The minimum atomic E-state index is -0.645. The number of piperidine rings is 1. The van der Waals surface area contributed by atoms with E-state index in [4.69, 9.17) is 0 Å². The van der Waals surface area contributed by atoms with Gasteiger partial charge in [-0.15, -0.1) is 0 Å². The summed E-state index contributed by atoms with van der Waals surface area (Å²) in [6, 6.07) is 5.05. The van der Waals surface area contributed by atoms with Gasteiger partial charge in [0.2, 0.25) is 5.91 Å². The number of anilines is 1. The van der Waals surface area contributed by atoms with Crippen LogP contribution in [0, 0.1) is 5.82 Å². The summed E-state index contributed by atoms with van der Waals surface area (Å²) in [5.41, 5.74) is 0.198. The van der Waals surface area contributed by atoms with E-state index < -0.39 is 17.9 Å². The van der Waals surface area contributed by atoms with E-state index in [2.05, 4.69) is 0 Å². The zero-order valence-corrected chi connectivity index (χ0v) is 11.4. The highest BCUT2D eigenvalue weighted by Crippen LogP contribution is 2.31. The lowest BCUT2D eigenvalue weighted by Crippen LogP contribution is -2.65. The fourth-order valence-electron chi connectivity index (χ4n) is 3.13. The number of benzene rings is 1. The zero-order chi connectivity index (χ0) is 14.3. The lowest BCUT2D eigenvalue weighted by molar-refractivity contribution is -0.147. The fraction of sp³-hybridized carbons (Fsp3) is 0.467. The van der Waals surface area contributed by atoms with Crippen molar-refractivity contribution in [1.82, 2.24) is 4.90 Å². The SMILES string of the molecule is CC1C(=O)N2CCCCC2C(=O)N1c1ccccc1F. The summed E-state index contributed by atoms with van der Waals surface area (Å²) in [7, 11) is 0. The molecule has 0 saturated carbocycles. The second kappa shape index (κ2) is 4.89. The number of rotatable bonds is 1. The Bertz CT molecular complexity index is 561. The van der Waals surface area contributed by atoms with Crippen LogP contribution in [0.5, 0.6) is 0 Å². The van der Waals surface area contributed by atoms with Crippen LogP contribution in [0.3, 0.4) is 0 Å². The van der Waals surface area contributed by atoms with Crippen LogP contribution >= 0.6 is 0 Å². The smallest absolute Gasteiger partial charge is 0.250 e. The molecular formula is C15H17FN2O2. The van der Waals surface area contributed by atoms with Gasteiger partial charge in [0, 0.05) is 6.54 Å². The van der Waals surface area contributed by atoms with Crippen LogP contribution in [-0.4, -0.2) is 35.3 Å². The van der Waals surface area contributed by atoms with Gasteiger partial charge in [0.05, 0.1) is 5.69 Å². The topological polar surface area (TPSA) is 40.6 Å². The molecule has 2 unspecified atom stereocenters. The highest BCUT2D eigenvalue weighted by Gasteiger charge is 2.45. The fourth-order valence-corrected chi connectivity index (χ4v) is 3.13. The van der Waals surface area contributed by atoms with Crippen molar-refractivity contribution in [2.75, 3.05) is 11.4 Å². The Morgan fingerprint density at radius 1 is 1.15 bits per heavy atom. The molecular weight excluding hydrogens is 259 g/mol. The maximum atomic E-state index is 14.0. The summed E-state index contributed by atoms with van der Waals surface area (Å²) in [4.78, 5) is 28.0. The van der Waals surface area contributed by atoms with Gasteiger partial charge in [-0.2, -0.15) is 0 Å². The van der Waals surface area contributed by atoms with Crippen LogP contribution in [0.15, 0.2) is 24.3 Å². The number of hydrogen-bond donors (Lipinski definition) is 0. The largest absolute Gasteiger partial charge is 0.329 e. The van der Waals surface area contributed by atoms with E-state index in [0.717, 1.165) is 12.8 Å². The van der Waals surface area contributed by atoms with Crippen molar-refractivity contribution in [2.45, 2.75) is 38.3 Å². The predicted octanol–water partition coefficient (Wildman–Crippen LogP) is 1.94. The predicted molar refractivity (Wildman–Crippen MR) is 72.7 cm³/mol. The molecule has 1 aromatic rings. The lowest BCUT2D eigenvalue weighted by Gasteiger charge is -2.46. The molecule has 3 rings (SSSR count). The van der Waals surface area contributed by atoms with Crippen LogP contribution in [0.25, 0.3) is 0 Å². The molecule has 5 heteroatoms. The highest BCUT2D eigenvalue weighted by atomic mass is 19.1. The number of hydrogen-bond acceptors (Lipinski definition) is 2. The molecule has 106 valence electrons. The number of nitrogens with zero attached hydrogens (tertiary/aromatic N) is 2. The van der Waals surface area contributed by atoms with E-state index in [0.29, 0.717) is 13.0 Å². The number of carbonyl (C=O) groups is 2. The van der Waals surface area contributed by atoms with Gasteiger partial charge in [-0.05, 0) is 38.3 Å². The monoisotopic (exact) mass is 276 g/mol. The average molecular weight is 276 g/mol. The number of halogens is 1. The van der Waals surface area contributed by atoms with Crippen LogP contribution in [0.1, 0.15) is 26.2 Å². The second-order valence-corrected chi connectivity index (χ2v) is 5.38. The number of fused-ring (bicyclic) bond motifs is 1. The maximum Gasteiger partial charge on any atom is 0.250 e. The van der Waals surface area contributed by atoms with Crippen LogP contribution in [0.2, 0.25) is 0 Å². The molecule has 0 N–H and O–H groups in total. The minimum absolute atomic E-state index is 0.0856. The molecule has 0 spiro atoms. The molecule has 0 radical (unpaired) electrons. The summed E-state index contributed by atoms with van der Waals surface area (Å²) in [6.07, 6.45) is 2.53. The molecule has 2 aliphatic rings. The van der Waals surface area contributed by atoms with E-state index >= 15 is 0 Å². The maximum absolute atomic E-state index is 14.0. The zero-order valence-electron chi connectivity index (χ0n) is 11.4. The molecule has 2 saturated heterocycles. The van der Waals surface area contributed by atoms with Gasteiger partial charge in [-0.25, -0.2) is 4.39 Å². The Labute approximate surface area is 117 Å².